The zero-order valence-electron chi connectivity index (χ0n) is 10.0. The molecule has 0 bridgehead atoms. The molecular formula is C13H17F2NO. The van der Waals surface area contributed by atoms with E-state index in [0.717, 1.165) is 12.5 Å². The highest BCUT2D eigenvalue weighted by atomic mass is 19.1. The van der Waals surface area contributed by atoms with Crippen molar-refractivity contribution in [3.8, 4) is 0 Å². The lowest BCUT2D eigenvalue weighted by Gasteiger charge is -2.26. The second kappa shape index (κ2) is 5.10. The molecule has 1 N–H and O–H groups in total. The minimum atomic E-state index is -0.545. The minimum absolute atomic E-state index is 0.0944. The van der Waals surface area contributed by atoms with Crippen molar-refractivity contribution in [2.24, 2.45) is 5.92 Å². The van der Waals surface area contributed by atoms with E-state index < -0.39 is 11.6 Å². The molecular weight excluding hydrogens is 224 g/mol. The molecule has 1 aromatic rings. The van der Waals surface area contributed by atoms with Crippen LogP contribution < -0.4 is 5.32 Å². The number of benzene rings is 1. The number of hydrogen-bond acceptors (Lipinski definition) is 2. The van der Waals surface area contributed by atoms with E-state index in [1.54, 1.807) is 7.05 Å². The Morgan fingerprint density at radius 2 is 2.18 bits per heavy atom. The zero-order chi connectivity index (χ0) is 12.4. The van der Waals surface area contributed by atoms with Gasteiger partial charge >= 0.3 is 0 Å². The van der Waals surface area contributed by atoms with Gasteiger partial charge in [0.15, 0.2) is 0 Å². The highest BCUT2D eigenvalue weighted by Crippen LogP contribution is 2.34. The number of hydrogen-bond donors (Lipinski definition) is 1. The van der Waals surface area contributed by atoms with Crippen molar-refractivity contribution in [1.29, 1.82) is 0 Å². The summed E-state index contributed by atoms with van der Waals surface area (Å²) in [6.45, 7) is 2.69. The van der Waals surface area contributed by atoms with Gasteiger partial charge in [0.2, 0.25) is 0 Å². The molecule has 1 aliphatic heterocycles. The molecule has 3 atom stereocenters. The molecule has 0 saturated carbocycles. The largest absolute Gasteiger partial charge is 0.378 e. The summed E-state index contributed by atoms with van der Waals surface area (Å²) in [5.41, 5.74) is 0.510. The van der Waals surface area contributed by atoms with Gasteiger partial charge in [-0.25, -0.2) is 8.78 Å². The molecule has 1 fully saturated rings. The summed E-state index contributed by atoms with van der Waals surface area (Å²) in [7, 11) is 1.79. The van der Waals surface area contributed by atoms with Gasteiger partial charge in [0.25, 0.3) is 0 Å². The van der Waals surface area contributed by atoms with E-state index >= 15 is 0 Å². The predicted molar refractivity (Wildman–Crippen MR) is 61.7 cm³/mol. The Kier molecular flexibility index (Phi) is 3.74. The number of halogens is 2. The van der Waals surface area contributed by atoms with Crippen LogP contribution >= 0.6 is 0 Å². The van der Waals surface area contributed by atoms with Gasteiger partial charge in [0.05, 0.1) is 6.10 Å². The van der Waals surface area contributed by atoms with Crippen LogP contribution in [0.1, 0.15) is 24.9 Å². The van der Waals surface area contributed by atoms with Gasteiger partial charge in [-0.1, -0.05) is 6.07 Å². The maximum absolute atomic E-state index is 13.7. The van der Waals surface area contributed by atoms with Crippen LogP contribution in [0.5, 0.6) is 0 Å². The van der Waals surface area contributed by atoms with Crippen LogP contribution in [0.2, 0.25) is 0 Å². The predicted octanol–water partition coefficient (Wildman–Crippen LogP) is 2.65. The molecule has 0 spiro atoms. The molecule has 17 heavy (non-hydrogen) atoms. The second-order valence-corrected chi connectivity index (χ2v) is 4.46. The monoisotopic (exact) mass is 241 g/mol. The van der Waals surface area contributed by atoms with Gasteiger partial charge in [-0.2, -0.15) is 0 Å². The highest BCUT2D eigenvalue weighted by molar-refractivity contribution is 5.23. The first-order valence-electron chi connectivity index (χ1n) is 5.87. The zero-order valence-corrected chi connectivity index (χ0v) is 10.0. The molecule has 2 rings (SSSR count). The fourth-order valence-corrected chi connectivity index (χ4v) is 2.54. The van der Waals surface area contributed by atoms with Crippen LogP contribution in [0.15, 0.2) is 18.2 Å². The summed E-state index contributed by atoms with van der Waals surface area (Å²) < 4.78 is 32.1. The second-order valence-electron chi connectivity index (χ2n) is 4.46. The maximum Gasteiger partial charge on any atom is 0.130 e. The van der Waals surface area contributed by atoms with Crippen molar-refractivity contribution >= 4 is 0 Å². The summed E-state index contributed by atoms with van der Waals surface area (Å²) in [5, 5.41) is 3.11. The molecule has 0 aromatic heterocycles. The number of ether oxygens (including phenoxy) is 1. The number of rotatable bonds is 3. The lowest BCUT2D eigenvalue weighted by molar-refractivity contribution is 0.0959. The van der Waals surface area contributed by atoms with Gasteiger partial charge < -0.3 is 10.1 Å². The minimum Gasteiger partial charge on any atom is -0.378 e. The van der Waals surface area contributed by atoms with E-state index in [9.17, 15) is 8.78 Å². The van der Waals surface area contributed by atoms with Crippen LogP contribution in [-0.2, 0) is 4.74 Å². The summed E-state index contributed by atoms with van der Waals surface area (Å²) >= 11 is 0. The average molecular weight is 241 g/mol. The van der Waals surface area contributed by atoms with Crippen LogP contribution in [-0.4, -0.2) is 19.8 Å². The van der Waals surface area contributed by atoms with E-state index in [2.05, 4.69) is 5.32 Å². The molecule has 1 saturated heterocycles. The van der Waals surface area contributed by atoms with Crippen LogP contribution in [0.4, 0.5) is 8.78 Å². The first-order chi connectivity index (χ1) is 8.13. The first-order valence-corrected chi connectivity index (χ1v) is 5.87. The summed E-state index contributed by atoms with van der Waals surface area (Å²) in [6.07, 6.45) is 0.987. The smallest absolute Gasteiger partial charge is 0.130 e. The molecule has 0 radical (unpaired) electrons. The maximum atomic E-state index is 13.7. The van der Waals surface area contributed by atoms with E-state index in [1.807, 2.05) is 6.92 Å². The fourth-order valence-electron chi connectivity index (χ4n) is 2.54. The van der Waals surface area contributed by atoms with E-state index in [0.29, 0.717) is 12.2 Å². The third-order valence-electron chi connectivity index (χ3n) is 3.47. The SMILES string of the molecule is CNC(c1ccc(F)cc1F)C1CCOC1C. The number of nitrogens with one attached hydrogen (secondary N) is 1. The van der Waals surface area contributed by atoms with Crippen molar-refractivity contribution in [3.63, 3.8) is 0 Å². The van der Waals surface area contributed by atoms with Gasteiger partial charge in [-0.15, -0.1) is 0 Å². The van der Waals surface area contributed by atoms with Gasteiger partial charge in [-0.3, -0.25) is 0 Å². The molecule has 1 aliphatic rings. The molecule has 0 aliphatic carbocycles. The fraction of sp³-hybridized carbons (Fsp3) is 0.538. The van der Waals surface area contributed by atoms with E-state index in [1.165, 1.54) is 12.1 Å². The lowest BCUT2D eigenvalue weighted by Crippen LogP contribution is -2.30. The van der Waals surface area contributed by atoms with Crippen molar-refractivity contribution < 1.29 is 13.5 Å². The van der Waals surface area contributed by atoms with Gasteiger partial charge in [0.1, 0.15) is 11.6 Å². The van der Waals surface area contributed by atoms with Crippen molar-refractivity contribution in [1.82, 2.24) is 5.32 Å². The van der Waals surface area contributed by atoms with E-state index in [4.69, 9.17) is 4.74 Å². The van der Waals surface area contributed by atoms with Crippen molar-refractivity contribution in [2.75, 3.05) is 13.7 Å². The summed E-state index contributed by atoms with van der Waals surface area (Å²) in [5.74, 6) is -0.819. The average Bonchev–Trinajstić information content (AvgIpc) is 2.69. The Balaban J connectivity index is 2.28. The van der Waals surface area contributed by atoms with Crippen molar-refractivity contribution in [2.45, 2.75) is 25.5 Å². The Bertz CT molecular complexity index is 397. The third-order valence-corrected chi connectivity index (χ3v) is 3.47. The molecule has 1 aromatic carbocycles. The highest BCUT2D eigenvalue weighted by Gasteiger charge is 2.33. The molecule has 2 nitrogen and oxygen atoms in total. The normalized spacial score (nSPS) is 26.1. The van der Waals surface area contributed by atoms with Gasteiger partial charge in [0, 0.05) is 30.2 Å². The van der Waals surface area contributed by atoms with E-state index in [-0.39, 0.29) is 18.1 Å². The first kappa shape index (κ1) is 12.5. The third kappa shape index (κ3) is 2.48. The van der Waals surface area contributed by atoms with Crippen molar-refractivity contribution in [3.05, 3.63) is 35.4 Å². The summed E-state index contributed by atoms with van der Waals surface area (Å²) in [4.78, 5) is 0. The Hall–Kier alpha value is -1.00. The summed E-state index contributed by atoms with van der Waals surface area (Å²) in [6, 6.07) is 3.60. The molecule has 3 unspecified atom stereocenters. The Morgan fingerprint density at radius 1 is 1.41 bits per heavy atom. The Morgan fingerprint density at radius 3 is 2.71 bits per heavy atom. The molecule has 1 heterocycles. The van der Waals surface area contributed by atoms with Crippen LogP contribution in [0, 0.1) is 17.6 Å². The standard InChI is InChI=1S/C13H17F2NO/c1-8-10(5-6-17-8)13(16-2)11-4-3-9(14)7-12(11)15/h3-4,7-8,10,13,16H,5-6H2,1-2H3. The lowest BCUT2D eigenvalue weighted by atomic mass is 9.88. The van der Waals surface area contributed by atoms with Crippen LogP contribution in [0.3, 0.4) is 0 Å². The topological polar surface area (TPSA) is 21.3 Å². The quantitative estimate of drug-likeness (QED) is 0.878. The molecule has 94 valence electrons. The van der Waals surface area contributed by atoms with Gasteiger partial charge in [-0.05, 0) is 26.5 Å². The Labute approximate surface area is 100.0 Å². The molecule has 0 amide bonds. The molecule has 4 heteroatoms. The van der Waals surface area contributed by atoms with Crippen LogP contribution in [0.25, 0.3) is 0 Å².